The van der Waals surface area contributed by atoms with Crippen molar-refractivity contribution in [3.8, 4) is 0 Å². The zero-order valence-corrected chi connectivity index (χ0v) is 11.3. The third-order valence-corrected chi connectivity index (χ3v) is 3.27. The molecule has 1 aromatic heterocycles. The number of ketones is 1. The lowest BCUT2D eigenvalue weighted by molar-refractivity contribution is 0.0908. The minimum absolute atomic E-state index is 0.0182. The van der Waals surface area contributed by atoms with Crippen molar-refractivity contribution in [2.24, 2.45) is 0 Å². The van der Waals surface area contributed by atoms with Gasteiger partial charge in [-0.15, -0.1) is 0 Å². The lowest BCUT2D eigenvalue weighted by atomic mass is 9.78. The second kappa shape index (κ2) is 4.92. The molecule has 0 aliphatic rings. The fourth-order valence-electron chi connectivity index (χ4n) is 2.04. The number of aryl methyl sites for hydroxylation is 1. The molecule has 3 heteroatoms. The summed E-state index contributed by atoms with van der Waals surface area (Å²) < 4.78 is 13.0. The van der Waals surface area contributed by atoms with Crippen LogP contribution < -0.4 is 0 Å². The summed E-state index contributed by atoms with van der Waals surface area (Å²) in [5.41, 5.74) is 1.61. The summed E-state index contributed by atoms with van der Waals surface area (Å²) in [6, 6.07) is 7.87. The molecule has 2 rings (SSSR count). The average molecular weight is 257 g/mol. The molecular formula is C16H16FNO. The molecule has 0 aliphatic carbocycles. The first kappa shape index (κ1) is 13.4. The largest absolute Gasteiger partial charge is 0.293 e. The first-order valence-electron chi connectivity index (χ1n) is 6.14. The number of hydrogen-bond donors (Lipinski definition) is 0. The van der Waals surface area contributed by atoms with Gasteiger partial charge in [0, 0.05) is 18.0 Å². The molecule has 0 fully saturated rings. The van der Waals surface area contributed by atoms with E-state index in [1.54, 1.807) is 24.5 Å². The summed E-state index contributed by atoms with van der Waals surface area (Å²) >= 11 is 0. The fraction of sp³-hybridized carbons (Fsp3) is 0.250. The molecular weight excluding hydrogens is 241 g/mol. The van der Waals surface area contributed by atoms with Gasteiger partial charge in [-0.1, -0.05) is 12.1 Å². The van der Waals surface area contributed by atoms with Gasteiger partial charge < -0.3 is 0 Å². The van der Waals surface area contributed by atoms with Gasteiger partial charge in [0.15, 0.2) is 5.78 Å². The first-order chi connectivity index (χ1) is 8.91. The Morgan fingerprint density at radius 1 is 1.16 bits per heavy atom. The van der Waals surface area contributed by atoms with E-state index in [4.69, 9.17) is 0 Å². The van der Waals surface area contributed by atoms with Crippen LogP contribution in [0.2, 0.25) is 0 Å². The predicted octanol–water partition coefficient (Wildman–Crippen LogP) is 3.69. The molecule has 0 saturated heterocycles. The van der Waals surface area contributed by atoms with Gasteiger partial charge in [-0.3, -0.25) is 9.78 Å². The maximum absolute atomic E-state index is 13.0. The highest BCUT2D eigenvalue weighted by molar-refractivity contribution is 6.03. The van der Waals surface area contributed by atoms with Crippen LogP contribution in [0.1, 0.15) is 35.3 Å². The number of aromatic nitrogens is 1. The van der Waals surface area contributed by atoms with Crippen molar-refractivity contribution in [1.29, 1.82) is 0 Å². The van der Waals surface area contributed by atoms with E-state index in [9.17, 15) is 9.18 Å². The minimum atomic E-state index is -0.705. The molecule has 1 heterocycles. The topological polar surface area (TPSA) is 30.0 Å². The van der Waals surface area contributed by atoms with Crippen molar-refractivity contribution in [3.05, 3.63) is 65.2 Å². The third-order valence-electron chi connectivity index (χ3n) is 3.27. The van der Waals surface area contributed by atoms with E-state index in [-0.39, 0.29) is 11.6 Å². The maximum Gasteiger partial charge on any atom is 0.174 e. The number of rotatable bonds is 3. The first-order valence-corrected chi connectivity index (χ1v) is 6.14. The van der Waals surface area contributed by atoms with Crippen molar-refractivity contribution in [1.82, 2.24) is 4.98 Å². The Balaban J connectivity index is 2.38. The van der Waals surface area contributed by atoms with E-state index in [1.807, 2.05) is 26.8 Å². The molecule has 19 heavy (non-hydrogen) atoms. The molecule has 0 unspecified atom stereocenters. The Labute approximate surface area is 112 Å². The standard InChI is InChI=1S/C16H16FNO/c1-11-8-12(10-18-9-11)15(19)16(2,3)13-4-6-14(17)7-5-13/h4-10H,1-3H3. The second-order valence-electron chi connectivity index (χ2n) is 5.21. The van der Waals surface area contributed by atoms with E-state index < -0.39 is 5.41 Å². The Morgan fingerprint density at radius 2 is 1.79 bits per heavy atom. The van der Waals surface area contributed by atoms with Gasteiger partial charge in [0.05, 0.1) is 5.41 Å². The number of hydrogen-bond acceptors (Lipinski definition) is 2. The van der Waals surface area contributed by atoms with Crippen LogP contribution in [0.3, 0.4) is 0 Å². The summed E-state index contributed by atoms with van der Waals surface area (Å²) in [7, 11) is 0. The normalized spacial score (nSPS) is 11.4. The van der Waals surface area contributed by atoms with Crippen molar-refractivity contribution < 1.29 is 9.18 Å². The summed E-state index contributed by atoms with van der Waals surface area (Å²) in [4.78, 5) is 16.6. The highest BCUT2D eigenvalue weighted by Crippen LogP contribution is 2.27. The van der Waals surface area contributed by atoms with Crippen LogP contribution in [0, 0.1) is 12.7 Å². The van der Waals surface area contributed by atoms with Crippen LogP contribution in [0.25, 0.3) is 0 Å². The molecule has 2 nitrogen and oxygen atoms in total. The van der Waals surface area contributed by atoms with Crippen LogP contribution in [-0.4, -0.2) is 10.8 Å². The van der Waals surface area contributed by atoms with Gasteiger partial charge in [-0.05, 0) is 50.1 Å². The number of benzene rings is 1. The Bertz CT molecular complexity index is 602. The molecule has 0 atom stereocenters. The number of carbonyl (C=O) groups excluding carboxylic acids is 1. The van der Waals surface area contributed by atoms with Crippen LogP contribution in [0.4, 0.5) is 4.39 Å². The highest BCUT2D eigenvalue weighted by Gasteiger charge is 2.30. The maximum atomic E-state index is 13.0. The van der Waals surface area contributed by atoms with E-state index in [0.29, 0.717) is 5.56 Å². The predicted molar refractivity (Wildman–Crippen MR) is 72.7 cm³/mol. The number of Topliss-reactive ketones (excluding diaryl/α,β-unsaturated/α-hetero) is 1. The zero-order valence-electron chi connectivity index (χ0n) is 11.3. The van der Waals surface area contributed by atoms with Crippen molar-refractivity contribution in [3.63, 3.8) is 0 Å². The molecule has 2 aromatic rings. The molecule has 0 amide bonds. The number of carbonyl (C=O) groups is 1. The number of halogens is 1. The van der Waals surface area contributed by atoms with Gasteiger partial charge in [0.1, 0.15) is 5.82 Å². The van der Waals surface area contributed by atoms with Gasteiger partial charge in [0.25, 0.3) is 0 Å². The van der Waals surface area contributed by atoms with Gasteiger partial charge in [-0.2, -0.15) is 0 Å². The third kappa shape index (κ3) is 2.70. The number of pyridine rings is 1. The lowest BCUT2D eigenvalue weighted by Crippen LogP contribution is -2.29. The molecule has 0 saturated carbocycles. The quantitative estimate of drug-likeness (QED) is 0.785. The Hall–Kier alpha value is -2.03. The van der Waals surface area contributed by atoms with Gasteiger partial charge >= 0.3 is 0 Å². The van der Waals surface area contributed by atoms with Crippen LogP contribution in [-0.2, 0) is 5.41 Å². The van der Waals surface area contributed by atoms with E-state index >= 15 is 0 Å². The number of nitrogens with zero attached hydrogens (tertiary/aromatic N) is 1. The summed E-state index contributed by atoms with van der Waals surface area (Å²) in [5.74, 6) is -0.320. The minimum Gasteiger partial charge on any atom is -0.293 e. The van der Waals surface area contributed by atoms with Crippen molar-refractivity contribution >= 4 is 5.78 Å². The smallest absolute Gasteiger partial charge is 0.174 e. The molecule has 0 radical (unpaired) electrons. The van der Waals surface area contributed by atoms with Crippen molar-refractivity contribution in [2.75, 3.05) is 0 Å². The van der Waals surface area contributed by atoms with E-state index in [0.717, 1.165) is 11.1 Å². The van der Waals surface area contributed by atoms with Gasteiger partial charge in [-0.25, -0.2) is 4.39 Å². The summed E-state index contributed by atoms with van der Waals surface area (Å²) in [6.45, 7) is 5.57. The molecule has 0 spiro atoms. The Kier molecular flexibility index (Phi) is 3.47. The highest BCUT2D eigenvalue weighted by atomic mass is 19.1. The van der Waals surface area contributed by atoms with E-state index in [1.165, 1.54) is 12.1 Å². The van der Waals surface area contributed by atoms with Crippen LogP contribution in [0.15, 0.2) is 42.7 Å². The van der Waals surface area contributed by atoms with E-state index in [2.05, 4.69) is 4.98 Å². The second-order valence-corrected chi connectivity index (χ2v) is 5.21. The monoisotopic (exact) mass is 257 g/mol. The molecule has 0 bridgehead atoms. The van der Waals surface area contributed by atoms with Crippen LogP contribution >= 0.6 is 0 Å². The summed E-state index contributed by atoms with van der Waals surface area (Å²) in [6.07, 6.45) is 3.28. The molecule has 1 aromatic carbocycles. The SMILES string of the molecule is Cc1cncc(C(=O)C(C)(C)c2ccc(F)cc2)c1. The molecule has 0 aliphatic heterocycles. The average Bonchev–Trinajstić information content (AvgIpc) is 2.38. The van der Waals surface area contributed by atoms with Gasteiger partial charge in [0.2, 0.25) is 0 Å². The van der Waals surface area contributed by atoms with Crippen molar-refractivity contribution in [2.45, 2.75) is 26.2 Å². The lowest BCUT2D eigenvalue weighted by Gasteiger charge is -2.23. The Morgan fingerprint density at radius 3 is 2.37 bits per heavy atom. The van der Waals surface area contributed by atoms with Crippen LogP contribution in [0.5, 0.6) is 0 Å². The fourth-order valence-corrected chi connectivity index (χ4v) is 2.04. The summed E-state index contributed by atoms with van der Waals surface area (Å²) in [5, 5.41) is 0. The molecule has 98 valence electrons. The molecule has 0 N–H and O–H groups in total. The zero-order chi connectivity index (χ0) is 14.0.